The van der Waals surface area contributed by atoms with E-state index in [1.807, 2.05) is 6.92 Å². The number of anilines is 1. The van der Waals surface area contributed by atoms with Crippen LogP contribution in [0, 0.1) is 5.92 Å². The van der Waals surface area contributed by atoms with Gasteiger partial charge in [-0.2, -0.15) is 0 Å². The van der Waals surface area contributed by atoms with Crippen molar-refractivity contribution in [2.24, 2.45) is 5.92 Å². The molecule has 2 N–H and O–H groups in total. The summed E-state index contributed by atoms with van der Waals surface area (Å²) in [5.41, 5.74) is 0. The molecule has 0 saturated carbocycles. The first kappa shape index (κ1) is 16.2. The van der Waals surface area contributed by atoms with E-state index in [9.17, 15) is 8.42 Å². The fourth-order valence-corrected chi connectivity index (χ4v) is 3.56. The summed E-state index contributed by atoms with van der Waals surface area (Å²) >= 11 is 0. The smallest absolute Gasteiger partial charge is 0.240 e. The van der Waals surface area contributed by atoms with Gasteiger partial charge in [0.15, 0.2) is 0 Å². The third-order valence-electron chi connectivity index (χ3n) is 3.80. The third kappa shape index (κ3) is 4.66. The Balaban J connectivity index is 1.96. The average Bonchev–Trinajstić information content (AvgIpc) is 2.47. The Hall–Kier alpha value is -1.18. The maximum absolute atomic E-state index is 12.3. The van der Waals surface area contributed by atoms with E-state index >= 15 is 0 Å². The molecule has 0 bridgehead atoms. The van der Waals surface area contributed by atoms with Gasteiger partial charge < -0.3 is 10.2 Å². The van der Waals surface area contributed by atoms with Gasteiger partial charge in [0.25, 0.3) is 0 Å². The van der Waals surface area contributed by atoms with Crippen molar-refractivity contribution in [2.45, 2.75) is 24.7 Å². The largest absolute Gasteiger partial charge is 0.370 e. The molecule has 1 aromatic heterocycles. The Kier molecular flexibility index (Phi) is 5.55. The predicted octanol–water partition coefficient (Wildman–Crippen LogP) is 1.13. The minimum Gasteiger partial charge on any atom is -0.370 e. The molecule has 2 heterocycles. The summed E-state index contributed by atoms with van der Waals surface area (Å²) in [5, 5.41) is 3.02. The van der Waals surface area contributed by atoms with Crippen LogP contribution in [0.15, 0.2) is 23.2 Å². The molecule has 0 aliphatic carbocycles. The lowest BCUT2D eigenvalue weighted by atomic mass is 9.98. The Bertz CT molecular complexity index is 554. The van der Waals surface area contributed by atoms with Gasteiger partial charge in [0.2, 0.25) is 10.0 Å². The van der Waals surface area contributed by atoms with Crippen LogP contribution in [-0.4, -0.2) is 51.5 Å². The lowest BCUT2D eigenvalue weighted by Gasteiger charge is -2.28. The van der Waals surface area contributed by atoms with E-state index < -0.39 is 10.0 Å². The fraction of sp³-hybridized carbons (Fsp3) is 0.643. The van der Waals surface area contributed by atoms with Gasteiger partial charge in [0, 0.05) is 25.4 Å². The molecule has 1 aromatic rings. The van der Waals surface area contributed by atoms with Gasteiger partial charge in [0.05, 0.1) is 4.90 Å². The summed E-state index contributed by atoms with van der Waals surface area (Å²) in [5.74, 6) is 1.01. The van der Waals surface area contributed by atoms with Crippen LogP contribution in [0.4, 0.5) is 5.82 Å². The number of rotatable bonds is 6. The molecule has 0 aromatic carbocycles. The van der Waals surface area contributed by atoms with Gasteiger partial charge >= 0.3 is 0 Å². The number of pyridine rings is 1. The molecular weight excluding hydrogens is 288 g/mol. The zero-order valence-corrected chi connectivity index (χ0v) is 13.5. The average molecular weight is 312 g/mol. The normalized spacial score (nSPS) is 17.8. The van der Waals surface area contributed by atoms with Crippen molar-refractivity contribution in [1.29, 1.82) is 0 Å². The number of sulfonamides is 1. The topological polar surface area (TPSA) is 74.3 Å². The monoisotopic (exact) mass is 312 g/mol. The molecule has 21 heavy (non-hydrogen) atoms. The molecule has 0 amide bonds. The van der Waals surface area contributed by atoms with Crippen LogP contribution in [0.2, 0.25) is 0 Å². The fourth-order valence-electron chi connectivity index (χ4n) is 2.43. The van der Waals surface area contributed by atoms with Gasteiger partial charge in [-0.15, -0.1) is 0 Å². The molecule has 1 aliphatic heterocycles. The molecule has 1 saturated heterocycles. The molecule has 0 radical (unpaired) electrons. The Morgan fingerprint density at radius 1 is 1.38 bits per heavy atom. The lowest BCUT2D eigenvalue weighted by Crippen LogP contribution is -2.36. The highest BCUT2D eigenvalue weighted by Crippen LogP contribution is 2.17. The highest BCUT2D eigenvalue weighted by atomic mass is 32.2. The zero-order chi connectivity index (χ0) is 15.3. The number of aromatic nitrogens is 1. The Morgan fingerprint density at radius 3 is 2.76 bits per heavy atom. The highest BCUT2D eigenvalue weighted by Gasteiger charge is 2.20. The van der Waals surface area contributed by atoms with Crippen molar-refractivity contribution in [2.75, 3.05) is 38.5 Å². The van der Waals surface area contributed by atoms with Crippen molar-refractivity contribution in [3.05, 3.63) is 18.3 Å². The Morgan fingerprint density at radius 2 is 2.10 bits per heavy atom. The van der Waals surface area contributed by atoms with E-state index in [1.165, 1.54) is 12.3 Å². The Labute approximate surface area is 127 Å². The van der Waals surface area contributed by atoms with E-state index in [4.69, 9.17) is 0 Å². The second-order valence-electron chi connectivity index (χ2n) is 5.51. The lowest BCUT2D eigenvalue weighted by molar-refractivity contribution is 0.220. The second kappa shape index (κ2) is 7.20. The van der Waals surface area contributed by atoms with Crippen molar-refractivity contribution in [1.82, 2.24) is 14.6 Å². The van der Waals surface area contributed by atoms with E-state index in [-0.39, 0.29) is 4.90 Å². The quantitative estimate of drug-likeness (QED) is 0.824. The highest BCUT2D eigenvalue weighted by molar-refractivity contribution is 7.89. The number of nitrogens with one attached hydrogen (secondary N) is 2. The molecule has 2 rings (SSSR count). The summed E-state index contributed by atoms with van der Waals surface area (Å²) in [7, 11) is -1.36. The summed E-state index contributed by atoms with van der Waals surface area (Å²) in [6, 6.07) is 3.10. The summed E-state index contributed by atoms with van der Waals surface area (Å²) < 4.78 is 27.4. The maximum atomic E-state index is 12.3. The summed E-state index contributed by atoms with van der Waals surface area (Å²) in [6.45, 7) is 5.23. The first-order chi connectivity index (χ1) is 10.0. The molecule has 7 heteroatoms. The van der Waals surface area contributed by atoms with Gasteiger partial charge in [-0.05, 0) is 51.9 Å². The first-order valence-corrected chi connectivity index (χ1v) is 8.87. The second-order valence-corrected chi connectivity index (χ2v) is 7.27. The van der Waals surface area contributed by atoms with Crippen LogP contribution in [0.5, 0.6) is 0 Å². The molecule has 1 fully saturated rings. The SMILES string of the molecule is CCNc1cc(S(=O)(=O)NCC2CCN(C)CC2)ccn1. The van der Waals surface area contributed by atoms with Gasteiger partial charge in [-0.1, -0.05) is 0 Å². The predicted molar refractivity (Wildman–Crippen MR) is 83.8 cm³/mol. The van der Waals surface area contributed by atoms with E-state index in [1.54, 1.807) is 6.07 Å². The molecule has 0 spiro atoms. The minimum absolute atomic E-state index is 0.265. The summed E-state index contributed by atoms with van der Waals surface area (Å²) in [4.78, 5) is 6.63. The van der Waals surface area contributed by atoms with Gasteiger partial charge in [0.1, 0.15) is 5.82 Å². The van der Waals surface area contributed by atoms with Crippen molar-refractivity contribution >= 4 is 15.8 Å². The van der Waals surface area contributed by atoms with Crippen LogP contribution in [0.3, 0.4) is 0 Å². The molecule has 1 aliphatic rings. The van der Waals surface area contributed by atoms with E-state index in [0.717, 1.165) is 25.9 Å². The zero-order valence-electron chi connectivity index (χ0n) is 12.7. The number of hydrogen-bond acceptors (Lipinski definition) is 5. The van der Waals surface area contributed by atoms with Crippen LogP contribution >= 0.6 is 0 Å². The molecule has 0 unspecified atom stereocenters. The van der Waals surface area contributed by atoms with Gasteiger partial charge in [-0.3, -0.25) is 0 Å². The standard InChI is InChI=1S/C14H24N4O2S/c1-3-15-14-10-13(4-7-16-14)21(19,20)17-11-12-5-8-18(2)9-6-12/h4,7,10,12,17H,3,5-6,8-9,11H2,1-2H3,(H,15,16). The molecular formula is C14H24N4O2S. The maximum Gasteiger partial charge on any atom is 0.240 e. The van der Waals surface area contributed by atoms with Crippen LogP contribution in [0.25, 0.3) is 0 Å². The number of nitrogens with zero attached hydrogens (tertiary/aromatic N) is 2. The number of piperidine rings is 1. The molecule has 6 nitrogen and oxygen atoms in total. The van der Waals surface area contributed by atoms with E-state index in [2.05, 4.69) is 27.0 Å². The first-order valence-electron chi connectivity index (χ1n) is 7.39. The summed E-state index contributed by atoms with van der Waals surface area (Å²) in [6.07, 6.45) is 3.60. The van der Waals surface area contributed by atoms with Gasteiger partial charge in [-0.25, -0.2) is 18.1 Å². The minimum atomic E-state index is -3.46. The number of likely N-dealkylation sites (tertiary alicyclic amines) is 1. The number of hydrogen-bond donors (Lipinski definition) is 2. The van der Waals surface area contributed by atoms with Crippen LogP contribution < -0.4 is 10.0 Å². The molecule has 118 valence electrons. The molecule has 0 atom stereocenters. The van der Waals surface area contributed by atoms with Crippen molar-refractivity contribution < 1.29 is 8.42 Å². The van der Waals surface area contributed by atoms with Crippen LogP contribution in [0.1, 0.15) is 19.8 Å². The van der Waals surface area contributed by atoms with Crippen molar-refractivity contribution in [3.63, 3.8) is 0 Å². The van der Waals surface area contributed by atoms with E-state index in [0.29, 0.717) is 24.8 Å². The van der Waals surface area contributed by atoms with Crippen molar-refractivity contribution in [3.8, 4) is 0 Å². The third-order valence-corrected chi connectivity index (χ3v) is 5.22. The van der Waals surface area contributed by atoms with Crippen LogP contribution in [-0.2, 0) is 10.0 Å².